The van der Waals surface area contributed by atoms with E-state index < -0.39 is 6.10 Å². The van der Waals surface area contributed by atoms with Gasteiger partial charge in [0.15, 0.2) is 0 Å². The average Bonchev–Trinajstić information content (AvgIpc) is 2.06. The number of benzene rings is 1. The van der Waals surface area contributed by atoms with E-state index in [2.05, 4.69) is 0 Å². The van der Waals surface area contributed by atoms with Gasteiger partial charge < -0.3 is 5.11 Å². The van der Waals surface area contributed by atoms with Gasteiger partial charge >= 0.3 is 0 Å². The largest absolute Gasteiger partial charge is 0.388 e. The van der Waals surface area contributed by atoms with Crippen LogP contribution in [-0.4, -0.2) is 5.11 Å². The number of halogens is 1. The van der Waals surface area contributed by atoms with Crippen molar-refractivity contribution in [1.29, 1.82) is 0 Å². The molecule has 1 aromatic rings. The normalized spacial score (nSPS) is 12.9. The highest BCUT2D eigenvalue weighted by atomic mass is 35.5. The first-order chi connectivity index (χ1) is 5.74. The van der Waals surface area contributed by atoms with E-state index in [4.69, 9.17) is 11.6 Å². The second kappa shape index (κ2) is 4.48. The minimum Gasteiger partial charge on any atom is -0.388 e. The van der Waals surface area contributed by atoms with Crippen molar-refractivity contribution >= 4 is 11.6 Å². The molecule has 0 bridgehead atoms. The molecule has 1 N–H and O–H groups in total. The Bertz CT molecular complexity index is 230. The van der Waals surface area contributed by atoms with Gasteiger partial charge in [-0.25, -0.2) is 0 Å². The summed E-state index contributed by atoms with van der Waals surface area (Å²) < 4.78 is 0. The zero-order valence-corrected chi connectivity index (χ0v) is 7.75. The number of hydrogen-bond donors (Lipinski definition) is 1. The molecular formula is C10H12ClO. The molecule has 0 aliphatic carbocycles. The molecule has 1 radical (unpaired) electrons. The van der Waals surface area contributed by atoms with Gasteiger partial charge in [-0.1, -0.05) is 30.7 Å². The molecule has 0 aromatic heterocycles. The van der Waals surface area contributed by atoms with E-state index in [9.17, 15) is 5.11 Å². The summed E-state index contributed by atoms with van der Waals surface area (Å²) in [6, 6.07) is 7.26. The summed E-state index contributed by atoms with van der Waals surface area (Å²) in [4.78, 5) is 0. The van der Waals surface area contributed by atoms with E-state index in [-0.39, 0.29) is 0 Å². The van der Waals surface area contributed by atoms with E-state index in [0.717, 1.165) is 5.56 Å². The maximum Gasteiger partial charge on any atom is 0.0792 e. The summed E-state index contributed by atoms with van der Waals surface area (Å²) >= 11 is 5.70. The van der Waals surface area contributed by atoms with Gasteiger partial charge in [0.2, 0.25) is 0 Å². The summed E-state index contributed by atoms with van der Waals surface area (Å²) in [6.07, 6.45) is 2.23. The Morgan fingerprint density at radius 1 is 1.42 bits per heavy atom. The number of rotatable bonds is 3. The molecule has 0 saturated carbocycles. The molecule has 0 spiro atoms. The summed E-state index contributed by atoms with van der Waals surface area (Å²) in [5.41, 5.74) is 0.914. The molecule has 0 aliphatic heterocycles. The van der Waals surface area contributed by atoms with Crippen LogP contribution >= 0.6 is 11.6 Å². The summed E-state index contributed by atoms with van der Waals surface area (Å²) in [6.45, 7) is 1.93. The molecule has 1 unspecified atom stereocenters. The maximum atomic E-state index is 9.54. The topological polar surface area (TPSA) is 20.2 Å². The molecule has 12 heavy (non-hydrogen) atoms. The predicted molar refractivity (Wildman–Crippen MR) is 51.0 cm³/mol. The lowest BCUT2D eigenvalue weighted by Gasteiger charge is -2.08. The molecule has 0 saturated heterocycles. The molecule has 1 nitrogen and oxygen atoms in total. The number of hydrogen-bond acceptors (Lipinski definition) is 1. The minimum atomic E-state index is -0.396. The fourth-order valence-corrected chi connectivity index (χ4v) is 1.17. The first-order valence-corrected chi connectivity index (χ1v) is 4.33. The predicted octanol–water partition coefficient (Wildman–Crippen LogP) is 2.99. The Labute approximate surface area is 78.0 Å². The third kappa shape index (κ3) is 2.50. The third-order valence-electron chi connectivity index (χ3n) is 1.71. The van der Waals surface area contributed by atoms with Crippen LogP contribution < -0.4 is 0 Å². The van der Waals surface area contributed by atoms with Crippen LogP contribution in [-0.2, 0) is 0 Å². The van der Waals surface area contributed by atoms with Gasteiger partial charge in [-0.15, -0.1) is 0 Å². The van der Waals surface area contributed by atoms with Gasteiger partial charge in [0.25, 0.3) is 0 Å². The van der Waals surface area contributed by atoms with Crippen molar-refractivity contribution in [1.82, 2.24) is 0 Å². The molecule has 0 aliphatic rings. The molecule has 0 heterocycles. The molecule has 1 rings (SSSR count). The summed E-state index contributed by atoms with van der Waals surface area (Å²) in [5.74, 6) is 0. The van der Waals surface area contributed by atoms with Crippen LogP contribution in [0.3, 0.4) is 0 Å². The van der Waals surface area contributed by atoms with Crippen molar-refractivity contribution in [3.8, 4) is 0 Å². The van der Waals surface area contributed by atoms with Crippen molar-refractivity contribution in [3.63, 3.8) is 0 Å². The molecule has 2 heteroatoms. The Kier molecular flexibility index (Phi) is 3.57. The molecular weight excluding hydrogens is 172 g/mol. The second-order valence-corrected chi connectivity index (χ2v) is 3.15. The highest BCUT2D eigenvalue weighted by Gasteiger charge is 2.04. The van der Waals surface area contributed by atoms with Crippen LogP contribution in [0.2, 0.25) is 5.02 Å². The van der Waals surface area contributed by atoms with Gasteiger partial charge in [-0.3, -0.25) is 0 Å². The van der Waals surface area contributed by atoms with Gasteiger partial charge in [0.1, 0.15) is 0 Å². The molecule has 1 atom stereocenters. The van der Waals surface area contributed by atoms with E-state index >= 15 is 0 Å². The lowest BCUT2D eigenvalue weighted by Crippen LogP contribution is -1.95. The van der Waals surface area contributed by atoms with Crippen molar-refractivity contribution in [3.05, 3.63) is 41.3 Å². The fraction of sp³-hybridized carbons (Fsp3) is 0.300. The monoisotopic (exact) mass is 183 g/mol. The molecule has 0 amide bonds. The molecule has 1 aromatic carbocycles. The summed E-state index contributed by atoms with van der Waals surface area (Å²) in [7, 11) is 0. The SMILES string of the molecule is C[CH]CC(O)c1ccc(Cl)cc1. The van der Waals surface area contributed by atoms with Gasteiger partial charge in [-0.05, 0) is 30.5 Å². The number of aliphatic hydroxyl groups excluding tert-OH is 1. The van der Waals surface area contributed by atoms with Crippen LogP contribution in [0.5, 0.6) is 0 Å². The first kappa shape index (κ1) is 9.56. The second-order valence-electron chi connectivity index (χ2n) is 2.71. The Balaban J connectivity index is 2.68. The lowest BCUT2D eigenvalue weighted by atomic mass is 10.1. The van der Waals surface area contributed by atoms with E-state index in [1.807, 2.05) is 25.5 Å². The van der Waals surface area contributed by atoms with Crippen molar-refractivity contribution in [2.45, 2.75) is 19.4 Å². The zero-order valence-electron chi connectivity index (χ0n) is 7.00. The molecule has 65 valence electrons. The standard InChI is InChI=1S/C10H12ClO/c1-2-3-10(12)8-4-6-9(11)7-5-8/h2,4-7,10,12H,3H2,1H3. The van der Waals surface area contributed by atoms with Crippen LogP contribution in [0.4, 0.5) is 0 Å². The van der Waals surface area contributed by atoms with Crippen molar-refractivity contribution in [2.75, 3.05) is 0 Å². The van der Waals surface area contributed by atoms with Gasteiger partial charge in [0, 0.05) is 5.02 Å². The van der Waals surface area contributed by atoms with Gasteiger partial charge in [0.05, 0.1) is 6.10 Å². The van der Waals surface area contributed by atoms with Crippen molar-refractivity contribution in [2.24, 2.45) is 0 Å². The van der Waals surface area contributed by atoms with Crippen molar-refractivity contribution < 1.29 is 5.11 Å². The number of aliphatic hydroxyl groups is 1. The highest BCUT2D eigenvalue weighted by Crippen LogP contribution is 2.19. The van der Waals surface area contributed by atoms with Crippen LogP contribution in [0.25, 0.3) is 0 Å². The quantitative estimate of drug-likeness (QED) is 0.764. The highest BCUT2D eigenvalue weighted by molar-refractivity contribution is 6.30. The van der Waals surface area contributed by atoms with Gasteiger partial charge in [-0.2, -0.15) is 0 Å². The smallest absolute Gasteiger partial charge is 0.0792 e. The van der Waals surface area contributed by atoms with Crippen LogP contribution in [0.1, 0.15) is 25.0 Å². The third-order valence-corrected chi connectivity index (χ3v) is 1.97. The average molecular weight is 184 g/mol. The van der Waals surface area contributed by atoms with Crippen LogP contribution in [0.15, 0.2) is 24.3 Å². The summed E-state index contributed by atoms with van der Waals surface area (Å²) in [5, 5.41) is 10.2. The molecule has 0 fully saturated rings. The van der Waals surface area contributed by atoms with E-state index in [0.29, 0.717) is 11.4 Å². The Morgan fingerprint density at radius 3 is 2.50 bits per heavy atom. The Morgan fingerprint density at radius 2 is 2.00 bits per heavy atom. The lowest BCUT2D eigenvalue weighted by molar-refractivity contribution is 0.177. The first-order valence-electron chi connectivity index (χ1n) is 3.95. The minimum absolute atomic E-state index is 0.396. The Hall–Kier alpha value is -0.530. The van der Waals surface area contributed by atoms with E-state index in [1.165, 1.54) is 0 Å². The fourth-order valence-electron chi connectivity index (χ4n) is 1.04. The maximum absolute atomic E-state index is 9.54. The van der Waals surface area contributed by atoms with E-state index in [1.54, 1.807) is 12.1 Å². The van der Waals surface area contributed by atoms with Crippen LogP contribution in [0, 0.1) is 6.42 Å². The zero-order chi connectivity index (χ0) is 8.97.